The summed E-state index contributed by atoms with van der Waals surface area (Å²) in [6, 6.07) is 7.55. The number of nitrogens with one attached hydrogen (secondary N) is 1. The van der Waals surface area contributed by atoms with Crippen molar-refractivity contribution in [2.75, 3.05) is 0 Å². The highest BCUT2D eigenvalue weighted by molar-refractivity contribution is 8.15. The molecule has 0 saturated heterocycles. The third-order valence-electron chi connectivity index (χ3n) is 6.23. The Morgan fingerprint density at radius 3 is 3.00 bits per heavy atom. The van der Waals surface area contributed by atoms with Crippen molar-refractivity contribution < 1.29 is 5.11 Å². The van der Waals surface area contributed by atoms with Crippen LogP contribution in [0, 0.1) is 23.7 Å². The summed E-state index contributed by atoms with van der Waals surface area (Å²) in [4.78, 5) is 0.119. The van der Waals surface area contributed by atoms with Crippen molar-refractivity contribution in [2.45, 2.75) is 37.0 Å². The van der Waals surface area contributed by atoms with Gasteiger partial charge in [0, 0.05) is 0 Å². The molecule has 3 aliphatic carbocycles. The molecule has 0 unspecified atom stereocenters. The lowest BCUT2D eigenvalue weighted by atomic mass is 9.79. The van der Waals surface area contributed by atoms with E-state index < -0.39 is 0 Å². The van der Waals surface area contributed by atoms with Crippen molar-refractivity contribution >= 4 is 16.8 Å². The molecule has 1 spiro atoms. The molecule has 1 aromatic carbocycles. The minimum atomic E-state index is 0.119. The number of phenolic OH excluding ortho intramolecular Hbond substituents is 1. The summed E-state index contributed by atoms with van der Waals surface area (Å²) in [6.07, 6.45) is 6.95. The molecule has 2 N–H and O–H groups in total. The Morgan fingerprint density at radius 2 is 2.10 bits per heavy atom. The van der Waals surface area contributed by atoms with Gasteiger partial charge >= 0.3 is 0 Å². The molecular formula is C17H20N2OS. The number of nitrogens with zero attached hydrogens (tertiary/aromatic N) is 1. The molecule has 0 aromatic heterocycles. The fraction of sp³-hybridized carbons (Fsp3) is 0.588. The standard InChI is InChI=1S/C17H20N2OS/c20-15-7-2-1-4-13(15)16-18-19-17(21-16)9-10-8-14(17)12-6-3-5-11(10)12/h1-2,4,7,10-12,14,19-20H,3,5-6,8-9H2/t10-,11-,12+,14-,17-/m1/s1. The van der Waals surface area contributed by atoms with E-state index in [-0.39, 0.29) is 4.87 Å². The van der Waals surface area contributed by atoms with Crippen molar-refractivity contribution in [3.63, 3.8) is 0 Å². The van der Waals surface area contributed by atoms with Crippen LogP contribution in [-0.4, -0.2) is 15.0 Å². The van der Waals surface area contributed by atoms with Crippen LogP contribution in [0.5, 0.6) is 5.75 Å². The van der Waals surface area contributed by atoms with Crippen LogP contribution in [0.4, 0.5) is 0 Å². The van der Waals surface area contributed by atoms with Gasteiger partial charge in [-0.2, -0.15) is 5.10 Å². The van der Waals surface area contributed by atoms with Gasteiger partial charge in [-0.25, -0.2) is 0 Å². The predicted octanol–water partition coefficient (Wildman–Crippen LogP) is 3.54. The number of phenols is 1. The van der Waals surface area contributed by atoms with Crippen LogP contribution >= 0.6 is 11.8 Å². The van der Waals surface area contributed by atoms with Crippen LogP contribution < -0.4 is 5.43 Å². The lowest BCUT2D eigenvalue weighted by Crippen LogP contribution is -2.45. The maximum absolute atomic E-state index is 10.1. The summed E-state index contributed by atoms with van der Waals surface area (Å²) in [5.74, 6) is 3.93. The predicted molar refractivity (Wildman–Crippen MR) is 85.1 cm³/mol. The summed E-state index contributed by atoms with van der Waals surface area (Å²) in [5.41, 5.74) is 4.36. The molecule has 21 heavy (non-hydrogen) atoms. The number of thioether (sulfide) groups is 1. The van der Waals surface area contributed by atoms with E-state index in [2.05, 4.69) is 10.5 Å². The zero-order valence-electron chi connectivity index (χ0n) is 12.0. The van der Waals surface area contributed by atoms with Gasteiger partial charge in [-0.1, -0.05) is 30.3 Å². The molecule has 5 atom stereocenters. The van der Waals surface area contributed by atoms with Gasteiger partial charge in [0.15, 0.2) is 0 Å². The maximum atomic E-state index is 10.1. The van der Waals surface area contributed by atoms with Gasteiger partial charge in [0.2, 0.25) is 0 Å². The highest BCUT2D eigenvalue weighted by Gasteiger charge is 2.63. The fourth-order valence-corrected chi connectivity index (χ4v) is 7.00. The van der Waals surface area contributed by atoms with E-state index in [0.717, 1.165) is 34.3 Å². The Hall–Kier alpha value is -1.16. The van der Waals surface area contributed by atoms with Gasteiger partial charge in [-0.05, 0) is 61.5 Å². The van der Waals surface area contributed by atoms with E-state index in [1.807, 2.05) is 30.0 Å². The zero-order chi connectivity index (χ0) is 14.0. The van der Waals surface area contributed by atoms with Gasteiger partial charge in [-0.3, -0.25) is 5.43 Å². The van der Waals surface area contributed by atoms with Crippen molar-refractivity contribution in [3.8, 4) is 5.75 Å². The monoisotopic (exact) mass is 300 g/mol. The van der Waals surface area contributed by atoms with Crippen LogP contribution in [0.15, 0.2) is 29.4 Å². The molecule has 0 radical (unpaired) electrons. The number of benzene rings is 1. The second-order valence-electron chi connectivity index (χ2n) is 7.10. The van der Waals surface area contributed by atoms with Gasteiger partial charge in [0.1, 0.15) is 15.7 Å². The molecule has 110 valence electrons. The van der Waals surface area contributed by atoms with Crippen LogP contribution in [-0.2, 0) is 0 Å². The normalized spacial score (nSPS) is 43.1. The van der Waals surface area contributed by atoms with E-state index in [1.54, 1.807) is 6.07 Å². The first-order chi connectivity index (χ1) is 10.3. The number of hydrogen-bond acceptors (Lipinski definition) is 4. The third-order valence-corrected chi connectivity index (χ3v) is 7.66. The Bertz CT molecular complexity index is 631. The topological polar surface area (TPSA) is 44.6 Å². The highest BCUT2D eigenvalue weighted by atomic mass is 32.2. The summed E-state index contributed by atoms with van der Waals surface area (Å²) in [6.45, 7) is 0. The van der Waals surface area contributed by atoms with Crippen LogP contribution in [0.3, 0.4) is 0 Å². The van der Waals surface area contributed by atoms with Gasteiger partial charge in [0.25, 0.3) is 0 Å². The van der Waals surface area contributed by atoms with E-state index >= 15 is 0 Å². The highest BCUT2D eigenvalue weighted by Crippen LogP contribution is 2.66. The molecule has 2 bridgehead atoms. The Labute approximate surface area is 129 Å². The molecule has 5 rings (SSSR count). The lowest BCUT2D eigenvalue weighted by molar-refractivity contribution is 0.192. The molecule has 4 aliphatic rings. The zero-order valence-corrected chi connectivity index (χ0v) is 12.8. The minimum absolute atomic E-state index is 0.119. The van der Waals surface area contributed by atoms with Gasteiger partial charge in [0.05, 0.1) is 5.56 Å². The average Bonchev–Trinajstić information content (AvgIpc) is 3.22. The number of para-hydroxylation sites is 1. The molecule has 1 aromatic rings. The summed E-state index contributed by atoms with van der Waals surface area (Å²) in [5, 5.41) is 15.6. The molecule has 3 nitrogen and oxygen atoms in total. The number of hydrogen-bond donors (Lipinski definition) is 2. The van der Waals surface area contributed by atoms with Gasteiger partial charge in [-0.15, -0.1) is 0 Å². The van der Waals surface area contributed by atoms with E-state index in [9.17, 15) is 5.11 Å². The fourth-order valence-electron chi connectivity index (χ4n) is 5.47. The molecular weight excluding hydrogens is 280 g/mol. The molecule has 3 saturated carbocycles. The molecule has 3 fully saturated rings. The van der Waals surface area contributed by atoms with Crippen molar-refractivity contribution in [3.05, 3.63) is 29.8 Å². The third kappa shape index (κ3) is 1.60. The number of fused-ring (bicyclic) bond motifs is 6. The molecule has 0 amide bonds. The second-order valence-corrected chi connectivity index (χ2v) is 8.42. The van der Waals surface area contributed by atoms with Crippen LogP contribution in [0.1, 0.15) is 37.7 Å². The maximum Gasteiger partial charge on any atom is 0.129 e. The second kappa shape index (κ2) is 4.19. The van der Waals surface area contributed by atoms with E-state index in [4.69, 9.17) is 0 Å². The largest absolute Gasteiger partial charge is 0.507 e. The minimum Gasteiger partial charge on any atom is -0.507 e. The first-order valence-corrected chi connectivity index (χ1v) is 8.91. The summed E-state index contributed by atoms with van der Waals surface area (Å²) < 4.78 is 0. The quantitative estimate of drug-likeness (QED) is 0.834. The SMILES string of the molecule is Oc1ccccc1C1=NN[C@]2(C[C@H]3C[C@@H]2[C@H]2CCC[C@H]32)S1. The molecule has 1 aliphatic heterocycles. The summed E-state index contributed by atoms with van der Waals surface area (Å²) in [7, 11) is 0. The Morgan fingerprint density at radius 1 is 1.24 bits per heavy atom. The summed E-state index contributed by atoms with van der Waals surface area (Å²) >= 11 is 1.88. The van der Waals surface area contributed by atoms with E-state index in [1.165, 1.54) is 32.1 Å². The molecule has 4 heteroatoms. The number of aromatic hydroxyl groups is 1. The number of hydrazone groups is 1. The van der Waals surface area contributed by atoms with Gasteiger partial charge < -0.3 is 5.11 Å². The Kier molecular flexibility index (Phi) is 2.47. The first kappa shape index (κ1) is 12.4. The average molecular weight is 300 g/mol. The Balaban J connectivity index is 1.44. The first-order valence-electron chi connectivity index (χ1n) is 8.09. The van der Waals surface area contributed by atoms with Crippen molar-refractivity contribution in [1.29, 1.82) is 0 Å². The lowest BCUT2D eigenvalue weighted by Gasteiger charge is -2.38. The van der Waals surface area contributed by atoms with Crippen LogP contribution in [0.2, 0.25) is 0 Å². The van der Waals surface area contributed by atoms with Crippen molar-refractivity contribution in [1.82, 2.24) is 5.43 Å². The van der Waals surface area contributed by atoms with E-state index in [0.29, 0.717) is 5.75 Å². The molecule has 1 heterocycles. The smallest absolute Gasteiger partial charge is 0.129 e. The number of rotatable bonds is 1. The van der Waals surface area contributed by atoms with Crippen LogP contribution in [0.25, 0.3) is 0 Å². The van der Waals surface area contributed by atoms with Crippen molar-refractivity contribution in [2.24, 2.45) is 28.8 Å².